The maximum atomic E-state index is 4.12. The van der Waals surface area contributed by atoms with Crippen molar-refractivity contribution in [2.75, 3.05) is 33.7 Å². The SMILES string of the molecule is CN(C)CC(C)(C)CNCCc1cccnc1. The monoisotopic (exact) mass is 235 g/mol. The quantitative estimate of drug-likeness (QED) is 0.731. The average Bonchev–Trinajstić information content (AvgIpc) is 2.24. The molecule has 1 heterocycles. The van der Waals surface area contributed by atoms with Gasteiger partial charge in [0.1, 0.15) is 0 Å². The molecule has 0 aliphatic rings. The third kappa shape index (κ3) is 6.39. The molecular formula is C14H25N3. The summed E-state index contributed by atoms with van der Waals surface area (Å²) in [5, 5.41) is 3.53. The van der Waals surface area contributed by atoms with Crippen molar-refractivity contribution in [1.82, 2.24) is 15.2 Å². The van der Waals surface area contributed by atoms with Crippen LogP contribution in [0.5, 0.6) is 0 Å². The van der Waals surface area contributed by atoms with Crippen LogP contribution >= 0.6 is 0 Å². The topological polar surface area (TPSA) is 28.2 Å². The highest BCUT2D eigenvalue weighted by Crippen LogP contribution is 2.13. The van der Waals surface area contributed by atoms with Gasteiger partial charge in [-0.2, -0.15) is 0 Å². The van der Waals surface area contributed by atoms with Gasteiger partial charge in [0, 0.05) is 25.5 Å². The minimum absolute atomic E-state index is 0.318. The van der Waals surface area contributed by atoms with Crippen molar-refractivity contribution in [2.45, 2.75) is 20.3 Å². The summed E-state index contributed by atoms with van der Waals surface area (Å²) < 4.78 is 0. The minimum atomic E-state index is 0.318. The van der Waals surface area contributed by atoms with Gasteiger partial charge in [0.25, 0.3) is 0 Å². The summed E-state index contributed by atoms with van der Waals surface area (Å²) in [5.41, 5.74) is 1.61. The summed E-state index contributed by atoms with van der Waals surface area (Å²) in [5.74, 6) is 0. The Morgan fingerprint density at radius 2 is 2.12 bits per heavy atom. The van der Waals surface area contributed by atoms with Crippen molar-refractivity contribution in [3.63, 3.8) is 0 Å². The lowest BCUT2D eigenvalue weighted by molar-refractivity contribution is 0.233. The van der Waals surface area contributed by atoms with Crippen molar-refractivity contribution in [3.05, 3.63) is 30.1 Å². The van der Waals surface area contributed by atoms with Gasteiger partial charge in [-0.15, -0.1) is 0 Å². The highest BCUT2D eigenvalue weighted by Gasteiger charge is 2.17. The second-order valence-corrected chi connectivity index (χ2v) is 5.69. The Labute approximate surface area is 105 Å². The molecule has 0 saturated heterocycles. The van der Waals surface area contributed by atoms with E-state index in [0.717, 1.165) is 26.1 Å². The molecule has 0 atom stereocenters. The van der Waals surface area contributed by atoms with Gasteiger partial charge in [0.05, 0.1) is 0 Å². The van der Waals surface area contributed by atoms with Crippen LogP contribution in [0.15, 0.2) is 24.5 Å². The van der Waals surface area contributed by atoms with E-state index in [1.165, 1.54) is 5.56 Å². The van der Waals surface area contributed by atoms with Gasteiger partial charge in [-0.25, -0.2) is 0 Å². The molecule has 96 valence electrons. The molecule has 17 heavy (non-hydrogen) atoms. The van der Waals surface area contributed by atoms with E-state index >= 15 is 0 Å². The van der Waals surface area contributed by atoms with Crippen LogP contribution < -0.4 is 5.32 Å². The molecule has 0 amide bonds. The van der Waals surface area contributed by atoms with Crippen LogP contribution in [0.1, 0.15) is 19.4 Å². The van der Waals surface area contributed by atoms with Crippen LogP contribution in [0.25, 0.3) is 0 Å². The summed E-state index contributed by atoms with van der Waals surface area (Å²) in [6.45, 7) is 7.76. The van der Waals surface area contributed by atoms with Crippen LogP contribution in [0.3, 0.4) is 0 Å². The molecule has 1 aromatic heterocycles. The number of nitrogens with one attached hydrogen (secondary N) is 1. The Bertz CT molecular complexity index is 307. The lowest BCUT2D eigenvalue weighted by atomic mass is 9.93. The lowest BCUT2D eigenvalue weighted by Crippen LogP contribution is -2.38. The Morgan fingerprint density at radius 3 is 2.71 bits per heavy atom. The van der Waals surface area contributed by atoms with Crippen LogP contribution in [0, 0.1) is 5.41 Å². The fourth-order valence-electron chi connectivity index (χ4n) is 2.12. The summed E-state index contributed by atoms with van der Waals surface area (Å²) in [6, 6.07) is 4.12. The van der Waals surface area contributed by atoms with E-state index in [0.29, 0.717) is 5.41 Å². The fourth-order valence-corrected chi connectivity index (χ4v) is 2.12. The smallest absolute Gasteiger partial charge is 0.0300 e. The Kier molecular flexibility index (Phi) is 5.59. The maximum absolute atomic E-state index is 4.12. The van der Waals surface area contributed by atoms with E-state index in [4.69, 9.17) is 0 Å². The highest BCUT2D eigenvalue weighted by atomic mass is 15.1. The predicted octanol–water partition coefficient (Wildman–Crippen LogP) is 1.80. The van der Waals surface area contributed by atoms with E-state index in [1.54, 1.807) is 0 Å². The summed E-state index contributed by atoms with van der Waals surface area (Å²) in [7, 11) is 4.24. The van der Waals surface area contributed by atoms with Gasteiger partial charge in [-0.3, -0.25) is 4.98 Å². The first-order chi connectivity index (χ1) is 7.99. The first kappa shape index (κ1) is 14.1. The number of rotatable bonds is 7. The third-order valence-electron chi connectivity index (χ3n) is 2.66. The average molecular weight is 235 g/mol. The minimum Gasteiger partial charge on any atom is -0.316 e. The number of hydrogen-bond donors (Lipinski definition) is 1. The van der Waals surface area contributed by atoms with E-state index in [-0.39, 0.29) is 0 Å². The summed E-state index contributed by atoms with van der Waals surface area (Å²) >= 11 is 0. The molecule has 0 aliphatic carbocycles. The van der Waals surface area contributed by atoms with E-state index < -0.39 is 0 Å². The zero-order valence-electron chi connectivity index (χ0n) is 11.5. The van der Waals surface area contributed by atoms with Gasteiger partial charge in [0.2, 0.25) is 0 Å². The molecule has 3 nitrogen and oxygen atoms in total. The number of aromatic nitrogens is 1. The zero-order chi connectivity index (χ0) is 12.7. The van der Waals surface area contributed by atoms with Crippen LogP contribution in [-0.4, -0.2) is 43.6 Å². The van der Waals surface area contributed by atoms with Gasteiger partial charge in [-0.05, 0) is 44.1 Å². The molecule has 0 aromatic carbocycles. The van der Waals surface area contributed by atoms with E-state index in [2.05, 4.69) is 49.2 Å². The predicted molar refractivity (Wildman–Crippen MR) is 73.1 cm³/mol. The number of hydrogen-bond acceptors (Lipinski definition) is 3. The van der Waals surface area contributed by atoms with Gasteiger partial charge in [0.15, 0.2) is 0 Å². The molecule has 0 fully saturated rings. The van der Waals surface area contributed by atoms with Crippen LogP contribution in [0.4, 0.5) is 0 Å². The van der Waals surface area contributed by atoms with Crippen molar-refractivity contribution < 1.29 is 0 Å². The van der Waals surface area contributed by atoms with Crippen molar-refractivity contribution in [1.29, 1.82) is 0 Å². The van der Waals surface area contributed by atoms with Crippen LogP contribution in [0.2, 0.25) is 0 Å². The van der Waals surface area contributed by atoms with E-state index in [1.807, 2.05) is 18.5 Å². The Hall–Kier alpha value is -0.930. The first-order valence-corrected chi connectivity index (χ1v) is 6.24. The van der Waals surface area contributed by atoms with Crippen molar-refractivity contribution in [3.8, 4) is 0 Å². The second-order valence-electron chi connectivity index (χ2n) is 5.69. The molecule has 0 unspecified atom stereocenters. The first-order valence-electron chi connectivity index (χ1n) is 6.24. The summed E-state index contributed by atoms with van der Waals surface area (Å²) in [6.07, 6.45) is 4.80. The highest BCUT2D eigenvalue weighted by molar-refractivity contribution is 5.08. The Morgan fingerprint density at radius 1 is 1.35 bits per heavy atom. The molecule has 0 spiro atoms. The maximum Gasteiger partial charge on any atom is 0.0300 e. The normalized spacial score (nSPS) is 12.1. The zero-order valence-corrected chi connectivity index (χ0v) is 11.5. The molecule has 0 saturated carbocycles. The second kappa shape index (κ2) is 6.72. The Balaban J connectivity index is 2.20. The molecular weight excluding hydrogens is 210 g/mol. The summed E-state index contributed by atoms with van der Waals surface area (Å²) in [4.78, 5) is 6.36. The van der Waals surface area contributed by atoms with Gasteiger partial charge >= 0.3 is 0 Å². The number of pyridine rings is 1. The molecule has 1 rings (SSSR count). The molecule has 1 N–H and O–H groups in total. The fraction of sp³-hybridized carbons (Fsp3) is 0.643. The van der Waals surface area contributed by atoms with Gasteiger partial charge < -0.3 is 10.2 Å². The standard InChI is InChI=1S/C14H25N3/c1-14(2,12-17(3)4)11-16-9-7-13-6-5-8-15-10-13/h5-6,8,10,16H,7,9,11-12H2,1-4H3. The van der Waals surface area contributed by atoms with Crippen molar-refractivity contribution in [2.24, 2.45) is 5.41 Å². The molecule has 0 aliphatic heterocycles. The van der Waals surface area contributed by atoms with Crippen LogP contribution in [-0.2, 0) is 6.42 Å². The van der Waals surface area contributed by atoms with Crippen molar-refractivity contribution >= 4 is 0 Å². The molecule has 0 radical (unpaired) electrons. The van der Waals surface area contributed by atoms with Gasteiger partial charge in [-0.1, -0.05) is 19.9 Å². The number of nitrogens with zero attached hydrogens (tertiary/aromatic N) is 2. The lowest BCUT2D eigenvalue weighted by Gasteiger charge is -2.28. The molecule has 0 bridgehead atoms. The third-order valence-corrected chi connectivity index (χ3v) is 2.66. The molecule has 3 heteroatoms. The van der Waals surface area contributed by atoms with E-state index in [9.17, 15) is 0 Å². The largest absolute Gasteiger partial charge is 0.316 e. The molecule has 1 aromatic rings.